The molecule has 0 radical (unpaired) electrons. The van der Waals surface area contributed by atoms with E-state index >= 15 is 0 Å². The van der Waals surface area contributed by atoms with E-state index in [1.54, 1.807) is 18.2 Å². The van der Waals surface area contributed by atoms with Crippen LogP contribution in [0.15, 0.2) is 56.7 Å². The van der Waals surface area contributed by atoms with E-state index in [0.29, 0.717) is 0 Å². The predicted molar refractivity (Wildman–Crippen MR) is 80.7 cm³/mol. The first kappa shape index (κ1) is 16.0. The highest BCUT2D eigenvalue weighted by Gasteiger charge is 2.35. The van der Waals surface area contributed by atoms with Gasteiger partial charge in [-0.2, -0.15) is 13.2 Å². The number of H-pyrrole nitrogens is 1. The van der Waals surface area contributed by atoms with Crippen LogP contribution in [0.1, 0.15) is 5.82 Å². The molecule has 4 nitrogen and oxygen atoms in total. The van der Waals surface area contributed by atoms with Gasteiger partial charge in [-0.1, -0.05) is 18.2 Å². The third-order valence-corrected chi connectivity index (χ3v) is 5.50. The van der Waals surface area contributed by atoms with E-state index < -0.39 is 21.8 Å². The van der Waals surface area contributed by atoms with Crippen LogP contribution in [0.5, 0.6) is 0 Å². The van der Waals surface area contributed by atoms with Gasteiger partial charge in [-0.15, -0.1) is 0 Å². The molecule has 0 aliphatic heterocycles. The molecule has 0 unspecified atom stereocenters. The maximum Gasteiger partial charge on any atom is 0.449 e. The van der Waals surface area contributed by atoms with Crippen molar-refractivity contribution in [1.82, 2.24) is 9.97 Å². The fraction of sp³-hybridized carbons (Fsp3) is 0.0714. The Kier molecular flexibility index (Phi) is 3.72. The monoisotopic (exact) mass is 404 g/mol. The maximum absolute atomic E-state index is 12.7. The summed E-state index contributed by atoms with van der Waals surface area (Å²) < 4.78 is 63.5. The number of alkyl halides is 3. The lowest BCUT2D eigenvalue weighted by Gasteiger charge is -2.05. The second-order valence-electron chi connectivity index (χ2n) is 4.70. The molecule has 0 aliphatic rings. The Hall–Kier alpha value is -1.87. The third-order valence-electron chi connectivity index (χ3n) is 3.15. The molecule has 1 aromatic heterocycles. The van der Waals surface area contributed by atoms with E-state index in [4.69, 9.17) is 0 Å². The highest BCUT2D eigenvalue weighted by atomic mass is 79.9. The van der Waals surface area contributed by atoms with Crippen molar-refractivity contribution in [2.45, 2.75) is 16.0 Å². The van der Waals surface area contributed by atoms with Crippen LogP contribution in [0.25, 0.3) is 11.0 Å². The van der Waals surface area contributed by atoms with Crippen molar-refractivity contribution >= 4 is 36.8 Å². The van der Waals surface area contributed by atoms with Crippen molar-refractivity contribution in [3.05, 3.63) is 52.8 Å². The van der Waals surface area contributed by atoms with E-state index in [1.165, 1.54) is 18.2 Å². The average molecular weight is 405 g/mol. The summed E-state index contributed by atoms with van der Waals surface area (Å²) >= 11 is 3.08. The number of sulfone groups is 1. The van der Waals surface area contributed by atoms with Gasteiger partial charge in [0.25, 0.3) is 0 Å². The van der Waals surface area contributed by atoms with Crippen LogP contribution in [-0.4, -0.2) is 18.4 Å². The number of rotatable bonds is 2. The summed E-state index contributed by atoms with van der Waals surface area (Å²) in [6, 6.07) is 10.0. The number of nitrogens with zero attached hydrogens (tertiary/aromatic N) is 1. The Labute approximate surface area is 137 Å². The summed E-state index contributed by atoms with van der Waals surface area (Å²) in [7, 11) is -3.84. The quantitative estimate of drug-likeness (QED) is 0.696. The van der Waals surface area contributed by atoms with Crippen LogP contribution in [0, 0.1) is 0 Å². The second kappa shape index (κ2) is 5.34. The summed E-state index contributed by atoms with van der Waals surface area (Å²) in [6.07, 6.45) is -4.64. The van der Waals surface area contributed by atoms with Crippen molar-refractivity contribution < 1.29 is 21.6 Å². The number of halogens is 4. The molecular formula is C14H8BrF3N2O2S. The van der Waals surface area contributed by atoms with E-state index in [0.717, 1.165) is 6.07 Å². The van der Waals surface area contributed by atoms with Gasteiger partial charge < -0.3 is 4.98 Å². The Morgan fingerprint density at radius 3 is 2.30 bits per heavy atom. The standard InChI is InChI=1S/C14H8BrF3N2O2S/c15-10-6-9(23(21,22)8-4-2-1-3-5-8)7-11-12(10)20-13(19-11)14(16,17)18/h1-7H,(H,19,20). The van der Waals surface area contributed by atoms with E-state index in [-0.39, 0.29) is 25.3 Å². The minimum absolute atomic E-state index is 0.0128. The normalized spacial score (nSPS) is 12.7. The third kappa shape index (κ3) is 2.86. The molecule has 0 spiro atoms. The van der Waals surface area contributed by atoms with Gasteiger partial charge in [0, 0.05) is 4.47 Å². The molecule has 0 atom stereocenters. The van der Waals surface area contributed by atoms with Gasteiger partial charge in [0.05, 0.1) is 15.3 Å². The first-order valence-electron chi connectivity index (χ1n) is 6.26. The summed E-state index contributed by atoms with van der Waals surface area (Å²) in [6.45, 7) is 0. The molecule has 0 amide bonds. The first-order valence-corrected chi connectivity index (χ1v) is 8.54. The van der Waals surface area contributed by atoms with Crippen molar-refractivity contribution in [3.8, 4) is 0 Å². The largest absolute Gasteiger partial charge is 0.449 e. The van der Waals surface area contributed by atoms with Gasteiger partial charge in [-0.3, -0.25) is 0 Å². The Morgan fingerprint density at radius 1 is 1.04 bits per heavy atom. The SMILES string of the molecule is O=S(=O)(c1ccccc1)c1cc(Br)c2nc(C(F)(F)F)[nH]c2c1. The predicted octanol–water partition coefficient (Wildman–Crippen LogP) is 4.18. The van der Waals surface area contributed by atoms with E-state index in [9.17, 15) is 21.6 Å². The molecule has 1 heterocycles. The molecule has 0 aliphatic carbocycles. The molecule has 9 heteroatoms. The molecule has 2 aromatic carbocycles. The van der Waals surface area contributed by atoms with Crippen LogP contribution in [-0.2, 0) is 16.0 Å². The zero-order valence-corrected chi connectivity index (χ0v) is 13.6. The average Bonchev–Trinajstić information content (AvgIpc) is 2.93. The number of benzene rings is 2. The van der Waals surface area contributed by atoms with Gasteiger partial charge in [-0.05, 0) is 40.2 Å². The molecule has 0 bridgehead atoms. The molecule has 1 N–H and O–H groups in total. The fourth-order valence-electron chi connectivity index (χ4n) is 2.08. The summed E-state index contributed by atoms with van der Waals surface area (Å²) in [5.41, 5.74) is 0.00513. The van der Waals surface area contributed by atoms with Crippen LogP contribution < -0.4 is 0 Å². The molecule has 23 heavy (non-hydrogen) atoms. The first-order chi connectivity index (χ1) is 10.7. The number of aromatic nitrogens is 2. The minimum atomic E-state index is -4.64. The highest BCUT2D eigenvalue weighted by molar-refractivity contribution is 9.10. The van der Waals surface area contributed by atoms with Crippen LogP contribution >= 0.6 is 15.9 Å². The summed E-state index contributed by atoms with van der Waals surface area (Å²) in [5.74, 6) is -1.18. The Balaban J connectivity index is 2.21. The number of hydrogen-bond donors (Lipinski definition) is 1. The molecule has 0 saturated carbocycles. The molecule has 120 valence electrons. The van der Waals surface area contributed by atoms with Gasteiger partial charge in [0.2, 0.25) is 15.7 Å². The Bertz CT molecular complexity index is 982. The minimum Gasteiger partial charge on any atom is -0.334 e. The van der Waals surface area contributed by atoms with Gasteiger partial charge in [-0.25, -0.2) is 13.4 Å². The molecule has 3 rings (SSSR count). The summed E-state index contributed by atoms with van der Waals surface area (Å²) in [5, 5.41) is 0. The maximum atomic E-state index is 12.7. The topological polar surface area (TPSA) is 62.8 Å². The lowest BCUT2D eigenvalue weighted by atomic mass is 10.3. The number of aromatic amines is 1. The van der Waals surface area contributed by atoms with E-state index in [1.807, 2.05) is 0 Å². The smallest absolute Gasteiger partial charge is 0.334 e. The number of hydrogen-bond acceptors (Lipinski definition) is 3. The lowest BCUT2D eigenvalue weighted by molar-refractivity contribution is -0.144. The van der Waals surface area contributed by atoms with Gasteiger partial charge >= 0.3 is 6.18 Å². The number of nitrogens with one attached hydrogen (secondary N) is 1. The van der Waals surface area contributed by atoms with Crippen molar-refractivity contribution in [2.75, 3.05) is 0 Å². The van der Waals surface area contributed by atoms with Crippen molar-refractivity contribution in [2.24, 2.45) is 0 Å². The van der Waals surface area contributed by atoms with Gasteiger partial charge in [0.1, 0.15) is 5.52 Å². The van der Waals surface area contributed by atoms with Crippen LogP contribution in [0.2, 0.25) is 0 Å². The second-order valence-corrected chi connectivity index (χ2v) is 7.50. The number of imidazole rings is 1. The highest BCUT2D eigenvalue weighted by Crippen LogP contribution is 2.33. The number of fused-ring (bicyclic) bond motifs is 1. The molecular weight excluding hydrogens is 397 g/mol. The van der Waals surface area contributed by atoms with Crippen LogP contribution in [0.4, 0.5) is 13.2 Å². The Morgan fingerprint density at radius 2 is 1.70 bits per heavy atom. The molecule has 0 saturated heterocycles. The lowest BCUT2D eigenvalue weighted by Crippen LogP contribution is -2.06. The zero-order valence-electron chi connectivity index (χ0n) is 11.2. The van der Waals surface area contributed by atoms with Crippen molar-refractivity contribution in [3.63, 3.8) is 0 Å². The van der Waals surface area contributed by atoms with Crippen molar-refractivity contribution in [1.29, 1.82) is 0 Å². The molecule has 3 aromatic rings. The van der Waals surface area contributed by atoms with Crippen LogP contribution in [0.3, 0.4) is 0 Å². The molecule has 0 fully saturated rings. The van der Waals surface area contributed by atoms with E-state index in [2.05, 4.69) is 25.9 Å². The summed E-state index contributed by atoms with van der Waals surface area (Å²) in [4.78, 5) is 5.50. The van der Waals surface area contributed by atoms with Gasteiger partial charge in [0.15, 0.2) is 0 Å². The fourth-order valence-corrected chi connectivity index (χ4v) is 4.11. The zero-order chi connectivity index (χ0) is 16.8.